The van der Waals surface area contributed by atoms with Crippen LogP contribution in [0.1, 0.15) is 5.56 Å². The number of hydrogen-bond donors (Lipinski definition) is 0. The van der Waals surface area contributed by atoms with Crippen LogP contribution in [-0.2, 0) is 6.54 Å². The SMILES string of the molecule is O=[N+]([O-])c1ccc(Cn2cc(-c3cccc(Br)c3)nn2)cc1. The number of non-ortho nitro benzene ring substituents is 1. The lowest BCUT2D eigenvalue weighted by Crippen LogP contribution is -2.00. The Morgan fingerprint density at radius 1 is 1.18 bits per heavy atom. The first-order valence-electron chi connectivity index (χ1n) is 6.51. The first-order chi connectivity index (χ1) is 10.6. The third-order valence-electron chi connectivity index (χ3n) is 3.15. The van der Waals surface area contributed by atoms with Gasteiger partial charge < -0.3 is 0 Å². The van der Waals surface area contributed by atoms with Crippen LogP contribution in [0.15, 0.2) is 59.2 Å². The predicted octanol–water partition coefficient (Wildman–Crippen LogP) is 3.66. The lowest BCUT2D eigenvalue weighted by atomic mass is 10.2. The predicted molar refractivity (Wildman–Crippen MR) is 85.4 cm³/mol. The second-order valence-electron chi connectivity index (χ2n) is 4.74. The van der Waals surface area contributed by atoms with Gasteiger partial charge in [0.1, 0.15) is 5.69 Å². The molecule has 1 aromatic heterocycles. The van der Waals surface area contributed by atoms with Gasteiger partial charge in [-0.1, -0.05) is 45.4 Å². The zero-order valence-corrected chi connectivity index (χ0v) is 13.0. The molecule has 7 heteroatoms. The number of nitrogens with zero attached hydrogens (tertiary/aromatic N) is 4. The Kier molecular flexibility index (Phi) is 3.97. The summed E-state index contributed by atoms with van der Waals surface area (Å²) in [5, 5.41) is 18.9. The van der Waals surface area contributed by atoms with Crippen molar-refractivity contribution in [3.05, 3.63) is 74.9 Å². The fraction of sp³-hybridized carbons (Fsp3) is 0.0667. The molecular formula is C15H11BrN4O2. The summed E-state index contributed by atoms with van der Waals surface area (Å²) in [7, 11) is 0. The smallest absolute Gasteiger partial charge is 0.258 e. The fourth-order valence-corrected chi connectivity index (χ4v) is 2.47. The molecule has 2 aromatic carbocycles. The molecule has 0 bridgehead atoms. The molecule has 6 nitrogen and oxygen atoms in total. The molecule has 0 aliphatic rings. The molecule has 3 rings (SSSR count). The number of halogens is 1. The molecule has 0 saturated carbocycles. The van der Waals surface area contributed by atoms with Gasteiger partial charge in [-0.25, -0.2) is 4.68 Å². The average molecular weight is 359 g/mol. The van der Waals surface area contributed by atoms with E-state index in [2.05, 4.69) is 26.2 Å². The molecule has 0 saturated heterocycles. The summed E-state index contributed by atoms with van der Waals surface area (Å²) >= 11 is 3.43. The summed E-state index contributed by atoms with van der Waals surface area (Å²) in [5.74, 6) is 0. The monoisotopic (exact) mass is 358 g/mol. The van der Waals surface area contributed by atoms with Gasteiger partial charge >= 0.3 is 0 Å². The lowest BCUT2D eigenvalue weighted by molar-refractivity contribution is -0.384. The highest BCUT2D eigenvalue weighted by Crippen LogP contribution is 2.21. The topological polar surface area (TPSA) is 73.8 Å². The number of nitro groups is 1. The van der Waals surface area contributed by atoms with E-state index >= 15 is 0 Å². The minimum atomic E-state index is -0.412. The van der Waals surface area contributed by atoms with Crippen LogP contribution in [0, 0.1) is 10.1 Å². The van der Waals surface area contributed by atoms with Gasteiger partial charge in [-0.2, -0.15) is 0 Å². The highest BCUT2D eigenvalue weighted by atomic mass is 79.9. The molecule has 0 N–H and O–H groups in total. The maximum atomic E-state index is 10.6. The van der Waals surface area contributed by atoms with Gasteiger partial charge in [0.15, 0.2) is 0 Å². The zero-order chi connectivity index (χ0) is 15.5. The summed E-state index contributed by atoms with van der Waals surface area (Å²) in [4.78, 5) is 10.2. The molecule has 0 atom stereocenters. The van der Waals surface area contributed by atoms with Crippen LogP contribution in [0.5, 0.6) is 0 Å². The standard InChI is InChI=1S/C15H11BrN4O2/c16-13-3-1-2-12(8-13)15-10-19(18-17-15)9-11-4-6-14(7-5-11)20(21)22/h1-8,10H,9H2. The number of aromatic nitrogens is 3. The van der Waals surface area contributed by atoms with Crippen molar-refractivity contribution in [3.8, 4) is 11.3 Å². The van der Waals surface area contributed by atoms with Crippen LogP contribution >= 0.6 is 15.9 Å². The van der Waals surface area contributed by atoms with Crippen LogP contribution < -0.4 is 0 Å². The van der Waals surface area contributed by atoms with Crippen molar-refractivity contribution in [1.82, 2.24) is 15.0 Å². The normalized spacial score (nSPS) is 10.6. The molecule has 0 spiro atoms. The van der Waals surface area contributed by atoms with Crippen molar-refractivity contribution >= 4 is 21.6 Å². The highest BCUT2D eigenvalue weighted by molar-refractivity contribution is 9.10. The first-order valence-corrected chi connectivity index (χ1v) is 7.30. The van der Waals surface area contributed by atoms with E-state index in [-0.39, 0.29) is 5.69 Å². The van der Waals surface area contributed by atoms with Gasteiger partial charge in [-0.15, -0.1) is 5.10 Å². The van der Waals surface area contributed by atoms with Crippen molar-refractivity contribution in [2.75, 3.05) is 0 Å². The first kappa shape index (κ1) is 14.4. The molecule has 0 amide bonds. The van der Waals surface area contributed by atoms with Crippen LogP contribution in [0.4, 0.5) is 5.69 Å². The second-order valence-corrected chi connectivity index (χ2v) is 5.65. The number of rotatable bonds is 4. The summed E-state index contributed by atoms with van der Waals surface area (Å²) in [5.41, 5.74) is 2.76. The molecule has 0 fully saturated rings. The van der Waals surface area contributed by atoms with E-state index in [4.69, 9.17) is 0 Å². The summed E-state index contributed by atoms with van der Waals surface area (Å²) in [6.07, 6.45) is 1.85. The van der Waals surface area contributed by atoms with E-state index in [1.54, 1.807) is 16.8 Å². The molecule has 22 heavy (non-hydrogen) atoms. The van der Waals surface area contributed by atoms with E-state index in [0.29, 0.717) is 6.54 Å². The molecule has 3 aromatic rings. The Bertz CT molecular complexity index is 814. The second kappa shape index (κ2) is 6.07. The van der Waals surface area contributed by atoms with Crippen molar-refractivity contribution in [1.29, 1.82) is 0 Å². The van der Waals surface area contributed by atoms with E-state index in [0.717, 1.165) is 21.3 Å². The van der Waals surface area contributed by atoms with Gasteiger partial charge in [-0.3, -0.25) is 10.1 Å². The van der Waals surface area contributed by atoms with E-state index in [1.807, 2.05) is 30.5 Å². The van der Waals surface area contributed by atoms with Gasteiger partial charge in [0.2, 0.25) is 0 Å². The Morgan fingerprint density at radius 3 is 2.64 bits per heavy atom. The fourth-order valence-electron chi connectivity index (χ4n) is 2.07. The Labute approximate surface area is 134 Å². The van der Waals surface area contributed by atoms with Gasteiger partial charge in [0.05, 0.1) is 17.7 Å². The Balaban J connectivity index is 1.78. The minimum absolute atomic E-state index is 0.0807. The summed E-state index contributed by atoms with van der Waals surface area (Å²) < 4.78 is 2.69. The highest BCUT2D eigenvalue weighted by Gasteiger charge is 2.07. The summed E-state index contributed by atoms with van der Waals surface area (Å²) in [6, 6.07) is 14.2. The largest absolute Gasteiger partial charge is 0.269 e. The Morgan fingerprint density at radius 2 is 1.95 bits per heavy atom. The van der Waals surface area contributed by atoms with Crippen molar-refractivity contribution in [3.63, 3.8) is 0 Å². The van der Waals surface area contributed by atoms with Crippen LogP contribution in [0.2, 0.25) is 0 Å². The maximum absolute atomic E-state index is 10.6. The summed E-state index contributed by atoms with van der Waals surface area (Å²) in [6.45, 7) is 0.513. The molecular weight excluding hydrogens is 348 g/mol. The average Bonchev–Trinajstić information content (AvgIpc) is 2.96. The zero-order valence-electron chi connectivity index (χ0n) is 11.4. The van der Waals surface area contributed by atoms with Crippen LogP contribution in [0.25, 0.3) is 11.3 Å². The molecule has 110 valence electrons. The molecule has 0 aliphatic heterocycles. The van der Waals surface area contributed by atoms with Gasteiger partial charge in [-0.05, 0) is 17.7 Å². The van der Waals surface area contributed by atoms with E-state index in [1.165, 1.54) is 12.1 Å². The van der Waals surface area contributed by atoms with Gasteiger partial charge in [0.25, 0.3) is 5.69 Å². The lowest BCUT2D eigenvalue weighted by Gasteiger charge is -2.00. The molecule has 0 radical (unpaired) electrons. The van der Waals surface area contributed by atoms with Crippen molar-refractivity contribution in [2.24, 2.45) is 0 Å². The molecule has 0 aliphatic carbocycles. The van der Waals surface area contributed by atoms with Crippen molar-refractivity contribution < 1.29 is 4.92 Å². The van der Waals surface area contributed by atoms with Crippen molar-refractivity contribution in [2.45, 2.75) is 6.54 Å². The molecule has 1 heterocycles. The Hall–Kier alpha value is -2.54. The third-order valence-corrected chi connectivity index (χ3v) is 3.64. The number of nitro benzene ring substituents is 1. The van der Waals surface area contributed by atoms with Gasteiger partial charge in [0, 0.05) is 22.2 Å². The third kappa shape index (κ3) is 3.20. The quantitative estimate of drug-likeness (QED) is 0.526. The van der Waals surface area contributed by atoms with E-state index < -0.39 is 4.92 Å². The van der Waals surface area contributed by atoms with Crippen LogP contribution in [0.3, 0.4) is 0 Å². The van der Waals surface area contributed by atoms with Crippen LogP contribution in [-0.4, -0.2) is 19.9 Å². The molecule has 0 unspecified atom stereocenters. The number of benzene rings is 2. The van der Waals surface area contributed by atoms with E-state index in [9.17, 15) is 10.1 Å². The number of hydrogen-bond acceptors (Lipinski definition) is 4. The maximum Gasteiger partial charge on any atom is 0.269 e. The minimum Gasteiger partial charge on any atom is -0.258 e.